The van der Waals surface area contributed by atoms with Crippen molar-refractivity contribution >= 4 is 59.1 Å². The number of likely N-dealkylation sites (tertiary alicyclic amines) is 1. The van der Waals surface area contributed by atoms with Crippen molar-refractivity contribution in [1.82, 2.24) is 10.2 Å². The van der Waals surface area contributed by atoms with E-state index in [9.17, 15) is 4.79 Å². The molecule has 152 valence electrons. The summed E-state index contributed by atoms with van der Waals surface area (Å²) in [5.74, 6) is 0.788. The lowest BCUT2D eigenvalue weighted by molar-refractivity contribution is -0.149. The molecule has 0 atom stereocenters. The Bertz CT molecular complexity index is 615. The molecule has 1 aromatic rings. The van der Waals surface area contributed by atoms with Crippen LogP contribution in [-0.4, -0.2) is 49.6 Å². The van der Waals surface area contributed by atoms with Crippen LogP contribution in [0.25, 0.3) is 0 Å². The lowest BCUT2D eigenvalue weighted by Gasteiger charge is -2.33. The average molecular weight is 528 g/mol. The fraction of sp³-hybridized carbons (Fsp3) is 0.579. The lowest BCUT2D eigenvalue weighted by Crippen LogP contribution is -2.46. The molecular weight excluding hydrogens is 500 g/mol. The van der Waals surface area contributed by atoms with Gasteiger partial charge in [0, 0.05) is 36.2 Å². The number of rotatable bonds is 6. The third kappa shape index (κ3) is 7.31. The van der Waals surface area contributed by atoms with Gasteiger partial charge in [0.05, 0.1) is 12.5 Å². The third-order valence-electron chi connectivity index (χ3n) is 4.43. The molecule has 1 saturated heterocycles. The zero-order valence-electron chi connectivity index (χ0n) is 15.8. The van der Waals surface area contributed by atoms with E-state index < -0.39 is 0 Å². The number of hydrogen-bond acceptors (Lipinski definition) is 3. The van der Waals surface area contributed by atoms with Crippen LogP contribution in [0, 0.1) is 5.92 Å². The van der Waals surface area contributed by atoms with Crippen LogP contribution in [0.5, 0.6) is 0 Å². The molecule has 0 unspecified atom stereocenters. The minimum absolute atomic E-state index is 0. The van der Waals surface area contributed by atoms with E-state index >= 15 is 0 Å². The predicted octanol–water partition coefficient (Wildman–Crippen LogP) is 4.39. The number of hydrogen-bond donors (Lipinski definition) is 1. The van der Waals surface area contributed by atoms with Gasteiger partial charge in [0.15, 0.2) is 5.96 Å². The fourth-order valence-corrected chi connectivity index (χ4v) is 3.64. The van der Waals surface area contributed by atoms with E-state index in [2.05, 4.69) is 10.2 Å². The van der Waals surface area contributed by atoms with Gasteiger partial charge in [0.1, 0.15) is 0 Å². The Morgan fingerprint density at radius 3 is 2.44 bits per heavy atom. The summed E-state index contributed by atoms with van der Waals surface area (Å²) in [7, 11) is 0. The molecule has 0 amide bonds. The summed E-state index contributed by atoms with van der Waals surface area (Å²) in [5, 5.41) is 4.68. The minimum atomic E-state index is -0.0811. The van der Waals surface area contributed by atoms with Gasteiger partial charge in [-0.3, -0.25) is 9.79 Å². The molecule has 1 aromatic carbocycles. The van der Waals surface area contributed by atoms with Gasteiger partial charge >= 0.3 is 5.97 Å². The van der Waals surface area contributed by atoms with Crippen molar-refractivity contribution in [3.8, 4) is 0 Å². The molecule has 5 nitrogen and oxygen atoms in total. The van der Waals surface area contributed by atoms with Crippen LogP contribution in [0.3, 0.4) is 0 Å². The summed E-state index contributed by atoms with van der Waals surface area (Å²) in [6, 6.07) is 5.53. The summed E-state index contributed by atoms with van der Waals surface area (Å²) in [6.07, 6.45) is 2.27. The Kier molecular flexibility index (Phi) is 11.4. The Morgan fingerprint density at radius 2 is 1.89 bits per heavy atom. The van der Waals surface area contributed by atoms with E-state index in [-0.39, 0.29) is 35.9 Å². The lowest BCUT2D eigenvalue weighted by atomic mass is 9.97. The number of nitrogens with one attached hydrogen (secondary N) is 1. The molecule has 0 spiro atoms. The number of esters is 1. The molecule has 0 saturated carbocycles. The van der Waals surface area contributed by atoms with Gasteiger partial charge < -0.3 is 15.0 Å². The molecule has 1 fully saturated rings. The number of nitrogens with zero attached hydrogens (tertiary/aromatic N) is 2. The number of carbonyl (C=O) groups is 1. The molecule has 2 rings (SSSR count). The van der Waals surface area contributed by atoms with E-state index in [0.29, 0.717) is 29.6 Å². The van der Waals surface area contributed by atoms with Gasteiger partial charge in [-0.25, -0.2) is 0 Å². The smallest absolute Gasteiger partial charge is 0.309 e. The standard InChI is InChI=1S/C19H27Cl2N3O2.HI/c1-3-22-19(23-11-8-15-16(20)6-5-7-17(15)21)24-12-9-14(10-13-24)18(25)26-4-2;/h5-7,14H,3-4,8-13H2,1-2H3,(H,22,23);1H. The first-order valence-electron chi connectivity index (χ1n) is 9.19. The van der Waals surface area contributed by atoms with Crippen LogP contribution >= 0.6 is 47.2 Å². The second-order valence-corrected chi connectivity index (χ2v) is 7.01. The summed E-state index contributed by atoms with van der Waals surface area (Å²) < 4.78 is 5.13. The van der Waals surface area contributed by atoms with E-state index in [1.807, 2.05) is 32.0 Å². The SMILES string of the molecule is CCNC(=NCCc1c(Cl)cccc1Cl)N1CCC(C(=O)OCC)CC1.I. The maximum absolute atomic E-state index is 11.9. The van der Waals surface area contributed by atoms with Crippen LogP contribution in [0.1, 0.15) is 32.3 Å². The average Bonchev–Trinajstić information content (AvgIpc) is 2.63. The molecule has 0 radical (unpaired) electrons. The number of aliphatic imine (C=N–C) groups is 1. The molecule has 0 aliphatic carbocycles. The van der Waals surface area contributed by atoms with Crippen LogP contribution in [0.4, 0.5) is 0 Å². The summed E-state index contributed by atoms with van der Waals surface area (Å²) >= 11 is 12.4. The van der Waals surface area contributed by atoms with E-state index in [4.69, 9.17) is 32.9 Å². The number of halogens is 3. The topological polar surface area (TPSA) is 53.9 Å². The van der Waals surface area contributed by atoms with Crippen molar-refractivity contribution < 1.29 is 9.53 Å². The first-order chi connectivity index (χ1) is 12.6. The highest BCUT2D eigenvalue weighted by molar-refractivity contribution is 14.0. The van der Waals surface area contributed by atoms with Crippen molar-refractivity contribution in [2.45, 2.75) is 33.1 Å². The zero-order chi connectivity index (χ0) is 18.9. The van der Waals surface area contributed by atoms with Gasteiger partial charge in [0.2, 0.25) is 0 Å². The van der Waals surface area contributed by atoms with E-state index in [0.717, 1.165) is 44.0 Å². The highest BCUT2D eigenvalue weighted by atomic mass is 127. The highest BCUT2D eigenvalue weighted by Gasteiger charge is 2.27. The summed E-state index contributed by atoms with van der Waals surface area (Å²) in [6.45, 7) is 7.31. The fourth-order valence-electron chi connectivity index (χ4n) is 3.06. The highest BCUT2D eigenvalue weighted by Crippen LogP contribution is 2.24. The van der Waals surface area contributed by atoms with Crippen molar-refractivity contribution in [2.24, 2.45) is 10.9 Å². The molecular formula is C19H28Cl2IN3O2. The van der Waals surface area contributed by atoms with Gasteiger partial charge in [0.25, 0.3) is 0 Å². The number of piperidine rings is 1. The Morgan fingerprint density at radius 1 is 1.26 bits per heavy atom. The molecule has 27 heavy (non-hydrogen) atoms. The Balaban J connectivity index is 0.00000364. The van der Waals surface area contributed by atoms with Gasteiger partial charge in [-0.2, -0.15) is 0 Å². The van der Waals surface area contributed by atoms with Crippen molar-refractivity contribution in [3.05, 3.63) is 33.8 Å². The number of guanidine groups is 1. The second-order valence-electron chi connectivity index (χ2n) is 6.20. The molecule has 8 heteroatoms. The molecule has 0 aromatic heterocycles. The Labute approximate surface area is 188 Å². The van der Waals surface area contributed by atoms with Crippen molar-refractivity contribution in [3.63, 3.8) is 0 Å². The van der Waals surface area contributed by atoms with Crippen LogP contribution in [-0.2, 0) is 16.0 Å². The maximum Gasteiger partial charge on any atom is 0.309 e. The molecule has 1 aliphatic rings. The van der Waals surface area contributed by atoms with E-state index in [1.165, 1.54) is 0 Å². The Hall–Kier alpha value is -0.730. The van der Waals surface area contributed by atoms with Gasteiger partial charge in [-0.15, -0.1) is 24.0 Å². The second kappa shape index (κ2) is 12.7. The van der Waals surface area contributed by atoms with Crippen molar-refractivity contribution in [2.75, 3.05) is 32.8 Å². The van der Waals surface area contributed by atoms with E-state index in [1.54, 1.807) is 0 Å². The summed E-state index contributed by atoms with van der Waals surface area (Å²) in [4.78, 5) is 18.8. The molecule has 1 N–H and O–H groups in total. The number of benzene rings is 1. The van der Waals surface area contributed by atoms with Gasteiger partial charge in [-0.1, -0.05) is 29.3 Å². The molecule has 1 heterocycles. The quantitative estimate of drug-likeness (QED) is 0.258. The van der Waals surface area contributed by atoms with Crippen LogP contribution in [0.15, 0.2) is 23.2 Å². The van der Waals surface area contributed by atoms with Crippen LogP contribution < -0.4 is 5.32 Å². The van der Waals surface area contributed by atoms with Gasteiger partial charge in [-0.05, 0) is 50.8 Å². The van der Waals surface area contributed by atoms with Crippen LogP contribution in [0.2, 0.25) is 10.0 Å². The first-order valence-corrected chi connectivity index (χ1v) is 9.95. The zero-order valence-corrected chi connectivity index (χ0v) is 19.7. The maximum atomic E-state index is 11.9. The molecule has 1 aliphatic heterocycles. The largest absolute Gasteiger partial charge is 0.466 e. The predicted molar refractivity (Wildman–Crippen MR) is 122 cm³/mol. The summed E-state index contributed by atoms with van der Waals surface area (Å²) in [5.41, 5.74) is 0.927. The minimum Gasteiger partial charge on any atom is -0.466 e. The number of ether oxygens (including phenoxy) is 1. The first kappa shape index (κ1) is 24.3. The molecule has 0 bridgehead atoms. The monoisotopic (exact) mass is 527 g/mol. The third-order valence-corrected chi connectivity index (χ3v) is 5.14. The van der Waals surface area contributed by atoms with Crippen molar-refractivity contribution in [1.29, 1.82) is 0 Å². The normalized spacial score (nSPS) is 15.3. The number of carbonyl (C=O) groups excluding carboxylic acids is 1.